The van der Waals surface area contributed by atoms with Crippen LogP contribution in [-0.4, -0.2) is 21.0 Å². The second-order valence-corrected chi connectivity index (χ2v) is 5.26. The molecule has 0 atom stereocenters. The number of carbonyl (C=O) groups is 1. The van der Waals surface area contributed by atoms with Crippen LogP contribution in [0.2, 0.25) is 0 Å². The first-order valence-electron chi connectivity index (χ1n) is 5.52. The molecular formula is C13H10BrN3O2S. The fourth-order valence-corrected chi connectivity index (χ4v) is 2.14. The number of thiocarbonyl (C=S) groups is 1. The number of halogens is 1. The number of hydrogen-bond donors (Lipinski definition) is 3. The lowest BCUT2D eigenvalue weighted by Gasteiger charge is -2.11. The lowest BCUT2D eigenvalue weighted by atomic mass is 10.1. The highest BCUT2D eigenvalue weighted by molar-refractivity contribution is 9.10. The number of carbonyl (C=O) groups excluding carboxylic acids is 1. The molecule has 1 heterocycles. The van der Waals surface area contributed by atoms with Crippen LogP contribution in [0.15, 0.2) is 41.1 Å². The molecule has 1 aromatic heterocycles. The van der Waals surface area contributed by atoms with E-state index in [9.17, 15) is 9.90 Å². The van der Waals surface area contributed by atoms with Crippen LogP contribution in [-0.2, 0) is 0 Å². The van der Waals surface area contributed by atoms with Gasteiger partial charge in [-0.15, -0.1) is 0 Å². The van der Waals surface area contributed by atoms with Crippen molar-refractivity contribution < 1.29 is 9.90 Å². The Morgan fingerprint density at radius 1 is 1.35 bits per heavy atom. The molecule has 0 saturated heterocycles. The zero-order chi connectivity index (χ0) is 14.7. The fourth-order valence-electron chi connectivity index (χ4n) is 1.60. The minimum atomic E-state index is -0.472. The van der Waals surface area contributed by atoms with Crippen LogP contribution in [0.1, 0.15) is 15.9 Å². The average Bonchev–Trinajstić information content (AvgIpc) is 2.38. The first kappa shape index (κ1) is 14.4. The number of aromatic nitrogens is 1. The quantitative estimate of drug-likeness (QED) is 0.739. The van der Waals surface area contributed by atoms with Crippen LogP contribution in [0, 0.1) is 0 Å². The molecule has 0 aliphatic heterocycles. The van der Waals surface area contributed by atoms with Crippen LogP contribution < -0.4 is 11.1 Å². The van der Waals surface area contributed by atoms with Crippen LogP contribution in [0.4, 0.5) is 5.69 Å². The van der Waals surface area contributed by atoms with Gasteiger partial charge in [0.05, 0.1) is 17.4 Å². The smallest absolute Gasteiger partial charge is 0.259 e. The normalized spacial score (nSPS) is 10.1. The standard InChI is InChI=1S/C13H10BrN3O2S/c14-7-1-2-8(12(15)20)10(5-7)17-13(19)9-3-4-16-6-11(9)18/h1-6,18H,(H2,15,20)(H,17,19). The number of hydrogen-bond acceptors (Lipinski definition) is 4. The molecule has 4 N–H and O–H groups in total. The molecule has 0 aliphatic carbocycles. The number of rotatable bonds is 3. The van der Waals surface area contributed by atoms with E-state index in [1.807, 2.05) is 0 Å². The van der Waals surface area contributed by atoms with Gasteiger partial charge in [0.15, 0.2) is 0 Å². The van der Waals surface area contributed by atoms with E-state index in [0.29, 0.717) is 11.3 Å². The van der Waals surface area contributed by atoms with E-state index in [1.165, 1.54) is 18.5 Å². The molecule has 2 aromatic rings. The third-order valence-electron chi connectivity index (χ3n) is 2.54. The molecule has 20 heavy (non-hydrogen) atoms. The van der Waals surface area contributed by atoms with Crippen molar-refractivity contribution in [3.8, 4) is 5.75 Å². The largest absolute Gasteiger partial charge is 0.505 e. The highest BCUT2D eigenvalue weighted by Gasteiger charge is 2.14. The first-order chi connectivity index (χ1) is 9.49. The molecule has 0 radical (unpaired) electrons. The minimum Gasteiger partial charge on any atom is -0.505 e. The molecule has 1 aromatic carbocycles. The molecule has 0 spiro atoms. The number of pyridine rings is 1. The van der Waals surface area contributed by atoms with Crippen molar-refractivity contribution in [2.75, 3.05) is 5.32 Å². The van der Waals surface area contributed by atoms with Gasteiger partial charge in [-0.25, -0.2) is 0 Å². The van der Waals surface area contributed by atoms with Gasteiger partial charge in [0.1, 0.15) is 10.7 Å². The van der Waals surface area contributed by atoms with Crippen LogP contribution in [0.5, 0.6) is 5.75 Å². The number of nitrogens with two attached hydrogens (primary N) is 1. The fraction of sp³-hybridized carbons (Fsp3) is 0. The van der Waals surface area contributed by atoms with Crippen molar-refractivity contribution in [2.45, 2.75) is 0 Å². The monoisotopic (exact) mass is 351 g/mol. The molecule has 0 fully saturated rings. The van der Waals surface area contributed by atoms with E-state index in [4.69, 9.17) is 18.0 Å². The summed E-state index contributed by atoms with van der Waals surface area (Å²) in [6, 6.07) is 6.58. The third-order valence-corrected chi connectivity index (χ3v) is 3.25. The summed E-state index contributed by atoms with van der Waals surface area (Å²) in [5.74, 6) is -0.669. The molecule has 5 nitrogen and oxygen atoms in total. The Morgan fingerprint density at radius 3 is 2.75 bits per heavy atom. The maximum Gasteiger partial charge on any atom is 0.259 e. The van der Waals surface area contributed by atoms with Gasteiger partial charge in [-0.05, 0) is 24.3 Å². The molecule has 102 valence electrons. The third kappa shape index (κ3) is 3.12. The van der Waals surface area contributed by atoms with Crippen molar-refractivity contribution in [1.29, 1.82) is 0 Å². The molecule has 0 aliphatic rings. The van der Waals surface area contributed by atoms with Crippen molar-refractivity contribution in [2.24, 2.45) is 5.73 Å². The van der Waals surface area contributed by atoms with Gasteiger partial charge in [0.2, 0.25) is 0 Å². The molecule has 1 amide bonds. The van der Waals surface area contributed by atoms with Crippen LogP contribution >= 0.6 is 28.1 Å². The summed E-state index contributed by atoms with van der Waals surface area (Å²) in [7, 11) is 0. The Hall–Kier alpha value is -1.99. The number of amides is 1. The zero-order valence-electron chi connectivity index (χ0n) is 10.1. The summed E-state index contributed by atoms with van der Waals surface area (Å²) in [5.41, 5.74) is 6.75. The summed E-state index contributed by atoms with van der Waals surface area (Å²) in [4.78, 5) is 16.0. The molecular weight excluding hydrogens is 342 g/mol. The van der Waals surface area contributed by atoms with E-state index in [0.717, 1.165) is 4.47 Å². The number of nitrogens with zero attached hydrogens (tertiary/aromatic N) is 1. The highest BCUT2D eigenvalue weighted by Crippen LogP contribution is 2.23. The number of nitrogens with one attached hydrogen (secondary N) is 1. The number of benzene rings is 1. The molecule has 0 saturated carbocycles. The second kappa shape index (κ2) is 5.98. The first-order valence-corrected chi connectivity index (χ1v) is 6.73. The predicted molar refractivity (Wildman–Crippen MR) is 83.9 cm³/mol. The van der Waals surface area contributed by atoms with E-state index >= 15 is 0 Å². The summed E-state index contributed by atoms with van der Waals surface area (Å²) in [6.45, 7) is 0. The Balaban J connectivity index is 2.35. The van der Waals surface area contributed by atoms with Crippen molar-refractivity contribution in [1.82, 2.24) is 4.98 Å². The van der Waals surface area contributed by atoms with Crippen LogP contribution in [0.3, 0.4) is 0 Å². The highest BCUT2D eigenvalue weighted by atomic mass is 79.9. The van der Waals surface area contributed by atoms with Crippen molar-refractivity contribution >= 4 is 44.7 Å². The lowest BCUT2D eigenvalue weighted by Crippen LogP contribution is -2.17. The van der Waals surface area contributed by atoms with Crippen LogP contribution in [0.25, 0.3) is 0 Å². The Kier molecular flexibility index (Phi) is 4.31. The number of anilines is 1. The minimum absolute atomic E-state index is 0.119. The van der Waals surface area contributed by atoms with Gasteiger partial charge in [0, 0.05) is 16.2 Å². The maximum atomic E-state index is 12.1. The molecule has 7 heteroatoms. The summed E-state index contributed by atoms with van der Waals surface area (Å²) in [6.07, 6.45) is 2.62. The van der Waals surface area contributed by atoms with Crippen molar-refractivity contribution in [3.63, 3.8) is 0 Å². The van der Waals surface area contributed by atoms with Gasteiger partial charge in [-0.1, -0.05) is 28.1 Å². The van der Waals surface area contributed by atoms with Gasteiger partial charge in [-0.2, -0.15) is 0 Å². The molecule has 0 bridgehead atoms. The van der Waals surface area contributed by atoms with E-state index in [-0.39, 0.29) is 16.3 Å². The topological polar surface area (TPSA) is 88.2 Å². The number of aromatic hydroxyl groups is 1. The summed E-state index contributed by atoms with van der Waals surface area (Å²) < 4.78 is 0.770. The second-order valence-electron chi connectivity index (χ2n) is 3.90. The maximum absolute atomic E-state index is 12.1. The van der Waals surface area contributed by atoms with Gasteiger partial charge < -0.3 is 16.2 Å². The van der Waals surface area contributed by atoms with E-state index in [2.05, 4.69) is 26.2 Å². The summed E-state index contributed by atoms with van der Waals surface area (Å²) >= 11 is 8.25. The Bertz CT molecular complexity index is 691. The van der Waals surface area contributed by atoms with E-state index in [1.54, 1.807) is 18.2 Å². The Morgan fingerprint density at radius 2 is 2.10 bits per heavy atom. The van der Waals surface area contributed by atoms with E-state index < -0.39 is 5.91 Å². The van der Waals surface area contributed by atoms with Crippen molar-refractivity contribution in [3.05, 3.63) is 52.3 Å². The molecule has 2 rings (SSSR count). The zero-order valence-corrected chi connectivity index (χ0v) is 12.5. The lowest BCUT2D eigenvalue weighted by molar-refractivity contribution is 0.102. The Labute approximate surface area is 129 Å². The van der Waals surface area contributed by atoms with Gasteiger partial charge >= 0.3 is 0 Å². The molecule has 0 unspecified atom stereocenters. The summed E-state index contributed by atoms with van der Waals surface area (Å²) in [5, 5.41) is 12.3. The van der Waals surface area contributed by atoms with Gasteiger partial charge in [0.25, 0.3) is 5.91 Å². The predicted octanol–water partition coefficient (Wildman–Crippen LogP) is 2.44. The van der Waals surface area contributed by atoms with Gasteiger partial charge in [-0.3, -0.25) is 9.78 Å². The SMILES string of the molecule is NC(=S)c1ccc(Br)cc1NC(=O)c1ccncc1O. The average molecular weight is 352 g/mol.